The highest BCUT2D eigenvalue weighted by Gasteiger charge is 1.99. The zero-order valence-electron chi connectivity index (χ0n) is 11.3. The maximum Gasteiger partial charge on any atom is 0.126 e. The smallest absolute Gasteiger partial charge is 0.126 e. The standard InChI is InChI=1S/C18H15NO/c1-20-18-9-5-2-6-15(18)11-10-14-12-13-19-17-8-4-3-7-16(14)17/h2-13H,1H3/b11-10-. The fourth-order valence-corrected chi connectivity index (χ4v) is 2.25. The number of rotatable bonds is 3. The number of hydrogen-bond donors (Lipinski definition) is 0. The minimum Gasteiger partial charge on any atom is -0.496 e. The van der Waals surface area contributed by atoms with E-state index in [1.807, 2.05) is 54.7 Å². The van der Waals surface area contributed by atoms with Gasteiger partial charge in [0, 0.05) is 17.1 Å². The Bertz CT molecular complexity index is 757. The Balaban J connectivity index is 2.03. The minimum atomic E-state index is 0.877. The van der Waals surface area contributed by atoms with Gasteiger partial charge in [0.25, 0.3) is 0 Å². The first-order chi connectivity index (χ1) is 9.88. The second-order valence-corrected chi connectivity index (χ2v) is 4.49. The number of fused-ring (bicyclic) bond motifs is 1. The summed E-state index contributed by atoms with van der Waals surface area (Å²) < 4.78 is 5.36. The molecule has 0 N–H and O–H groups in total. The number of para-hydroxylation sites is 2. The summed E-state index contributed by atoms with van der Waals surface area (Å²) in [5.41, 5.74) is 3.23. The van der Waals surface area contributed by atoms with E-state index >= 15 is 0 Å². The molecule has 0 aliphatic carbocycles. The van der Waals surface area contributed by atoms with E-state index in [2.05, 4.69) is 23.2 Å². The molecule has 3 aromatic rings. The van der Waals surface area contributed by atoms with Gasteiger partial charge in [0.15, 0.2) is 0 Å². The van der Waals surface area contributed by atoms with Crippen molar-refractivity contribution in [3.8, 4) is 5.75 Å². The van der Waals surface area contributed by atoms with Crippen LogP contribution in [0.15, 0.2) is 60.8 Å². The normalized spacial score (nSPS) is 11.1. The van der Waals surface area contributed by atoms with Gasteiger partial charge in [-0.15, -0.1) is 0 Å². The average molecular weight is 261 g/mol. The van der Waals surface area contributed by atoms with Gasteiger partial charge < -0.3 is 4.74 Å². The Morgan fingerprint density at radius 2 is 1.60 bits per heavy atom. The molecule has 0 saturated heterocycles. The van der Waals surface area contributed by atoms with Crippen LogP contribution in [-0.2, 0) is 0 Å². The highest BCUT2D eigenvalue weighted by Crippen LogP contribution is 2.22. The average Bonchev–Trinajstić information content (AvgIpc) is 2.53. The molecule has 20 heavy (non-hydrogen) atoms. The molecule has 0 aliphatic heterocycles. The third kappa shape index (κ3) is 2.41. The monoisotopic (exact) mass is 261 g/mol. The zero-order valence-corrected chi connectivity index (χ0v) is 11.3. The van der Waals surface area contributed by atoms with Gasteiger partial charge in [0.1, 0.15) is 5.75 Å². The number of aromatic nitrogens is 1. The predicted molar refractivity (Wildman–Crippen MR) is 83.7 cm³/mol. The van der Waals surface area contributed by atoms with Crippen LogP contribution in [0.3, 0.4) is 0 Å². The molecule has 2 aromatic carbocycles. The number of hydrogen-bond acceptors (Lipinski definition) is 2. The Morgan fingerprint density at radius 1 is 0.850 bits per heavy atom. The molecule has 1 heterocycles. The number of ether oxygens (including phenoxy) is 1. The van der Waals surface area contributed by atoms with Crippen LogP contribution in [0.4, 0.5) is 0 Å². The summed E-state index contributed by atoms with van der Waals surface area (Å²) in [5, 5.41) is 1.15. The van der Waals surface area contributed by atoms with Crippen molar-refractivity contribution in [3.05, 3.63) is 71.9 Å². The molecule has 1 aromatic heterocycles. The molecule has 0 saturated carbocycles. The molecule has 2 nitrogen and oxygen atoms in total. The second-order valence-electron chi connectivity index (χ2n) is 4.49. The lowest BCUT2D eigenvalue weighted by Crippen LogP contribution is -1.86. The van der Waals surface area contributed by atoms with E-state index in [1.54, 1.807) is 7.11 Å². The Labute approximate surface area is 118 Å². The maximum atomic E-state index is 5.36. The van der Waals surface area contributed by atoms with Gasteiger partial charge in [-0.1, -0.05) is 48.6 Å². The SMILES string of the molecule is COc1ccccc1/C=C\c1ccnc2ccccc12. The molecule has 0 amide bonds. The van der Waals surface area contributed by atoms with Gasteiger partial charge in [0.2, 0.25) is 0 Å². The molecule has 0 radical (unpaired) electrons. The molecular weight excluding hydrogens is 246 g/mol. The largest absolute Gasteiger partial charge is 0.496 e. The summed E-state index contributed by atoms with van der Waals surface area (Å²) >= 11 is 0. The Kier molecular flexibility index (Phi) is 3.46. The fourth-order valence-electron chi connectivity index (χ4n) is 2.25. The van der Waals surface area contributed by atoms with E-state index in [-0.39, 0.29) is 0 Å². The fraction of sp³-hybridized carbons (Fsp3) is 0.0556. The molecule has 3 rings (SSSR count). The molecule has 0 unspecified atom stereocenters. The number of nitrogens with zero attached hydrogens (tertiary/aromatic N) is 1. The highest BCUT2D eigenvalue weighted by atomic mass is 16.5. The Hall–Kier alpha value is -2.61. The van der Waals surface area contributed by atoms with Crippen molar-refractivity contribution in [1.29, 1.82) is 0 Å². The van der Waals surface area contributed by atoms with E-state index in [4.69, 9.17) is 4.74 Å². The molecule has 98 valence electrons. The number of pyridine rings is 1. The summed E-state index contributed by atoms with van der Waals surface area (Å²) in [6.45, 7) is 0. The molecule has 0 spiro atoms. The lowest BCUT2D eigenvalue weighted by atomic mass is 10.1. The van der Waals surface area contributed by atoms with Crippen molar-refractivity contribution in [1.82, 2.24) is 4.98 Å². The maximum absolute atomic E-state index is 5.36. The van der Waals surface area contributed by atoms with E-state index in [1.165, 1.54) is 0 Å². The molecule has 2 heteroatoms. The summed E-state index contributed by atoms with van der Waals surface area (Å²) in [6.07, 6.45) is 6.01. The van der Waals surface area contributed by atoms with Crippen LogP contribution < -0.4 is 4.74 Å². The van der Waals surface area contributed by atoms with Crippen LogP contribution >= 0.6 is 0 Å². The zero-order chi connectivity index (χ0) is 13.8. The lowest BCUT2D eigenvalue weighted by Gasteiger charge is -2.04. The van der Waals surface area contributed by atoms with Gasteiger partial charge in [-0.05, 0) is 23.8 Å². The molecule has 0 fully saturated rings. The van der Waals surface area contributed by atoms with Crippen LogP contribution in [0.1, 0.15) is 11.1 Å². The second kappa shape index (κ2) is 5.57. The summed E-state index contributed by atoms with van der Waals surface area (Å²) in [5.74, 6) is 0.877. The van der Waals surface area contributed by atoms with E-state index in [0.29, 0.717) is 0 Å². The molecule has 0 atom stereocenters. The van der Waals surface area contributed by atoms with Gasteiger partial charge in [-0.2, -0.15) is 0 Å². The van der Waals surface area contributed by atoms with Gasteiger partial charge in [-0.25, -0.2) is 0 Å². The third-order valence-electron chi connectivity index (χ3n) is 3.26. The first-order valence-corrected chi connectivity index (χ1v) is 6.53. The van der Waals surface area contributed by atoms with Gasteiger partial charge >= 0.3 is 0 Å². The predicted octanol–water partition coefficient (Wildman–Crippen LogP) is 4.41. The van der Waals surface area contributed by atoms with Gasteiger partial charge in [0.05, 0.1) is 12.6 Å². The van der Waals surface area contributed by atoms with Gasteiger partial charge in [-0.3, -0.25) is 4.98 Å². The van der Waals surface area contributed by atoms with Crippen molar-refractivity contribution >= 4 is 23.1 Å². The van der Waals surface area contributed by atoms with Crippen LogP contribution in [0.5, 0.6) is 5.75 Å². The highest BCUT2D eigenvalue weighted by molar-refractivity contribution is 5.90. The van der Waals surface area contributed by atoms with Crippen molar-refractivity contribution < 1.29 is 4.74 Å². The summed E-state index contributed by atoms with van der Waals surface area (Å²) in [7, 11) is 1.69. The minimum absolute atomic E-state index is 0.877. The van der Waals surface area contributed by atoms with Crippen molar-refractivity contribution in [3.63, 3.8) is 0 Å². The molecular formula is C18H15NO. The topological polar surface area (TPSA) is 22.1 Å². The van der Waals surface area contributed by atoms with Crippen LogP contribution in [0.2, 0.25) is 0 Å². The first kappa shape index (κ1) is 12.4. The van der Waals surface area contributed by atoms with Crippen molar-refractivity contribution in [2.75, 3.05) is 7.11 Å². The van der Waals surface area contributed by atoms with Crippen molar-refractivity contribution in [2.24, 2.45) is 0 Å². The first-order valence-electron chi connectivity index (χ1n) is 6.53. The van der Waals surface area contributed by atoms with Crippen LogP contribution in [-0.4, -0.2) is 12.1 Å². The molecule has 0 bridgehead atoms. The molecule has 0 aliphatic rings. The van der Waals surface area contributed by atoms with E-state index < -0.39 is 0 Å². The van der Waals surface area contributed by atoms with Crippen molar-refractivity contribution in [2.45, 2.75) is 0 Å². The quantitative estimate of drug-likeness (QED) is 0.696. The summed E-state index contributed by atoms with van der Waals surface area (Å²) in [6, 6.07) is 18.1. The lowest BCUT2D eigenvalue weighted by molar-refractivity contribution is 0.414. The van der Waals surface area contributed by atoms with Crippen LogP contribution in [0.25, 0.3) is 23.1 Å². The Morgan fingerprint density at radius 3 is 2.50 bits per heavy atom. The number of methoxy groups -OCH3 is 1. The van der Waals surface area contributed by atoms with E-state index in [0.717, 1.165) is 27.8 Å². The number of benzene rings is 2. The third-order valence-corrected chi connectivity index (χ3v) is 3.26. The van der Waals surface area contributed by atoms with Crippen LogP contribution in [0, 0.1) is 0 Å². The van der Waals surface area contributed by atoms with E-state index in [9.17, 15) is 0 Å². The summed E-state index contributed by atoms with van der Waals surface area (Å²) in [4.78, 5) is 4.37.